The molecule has 0 aliphatic carbocycles. The summed E-state index contributed by atoms with van der Waals surface area (Å²) in [4.78, 5) is 11.6. The van der Waals surface area contributed by atoms with Gasteiger partial charge in [0.2, 0.25) is 5.91 Å². The van der Waals surface area contributed by atoms with Crippen LogP contribution in [-0.4, -0.2) is 37.6 Å². The van der Waals surface area contributed by atoms with Crippen molar-refractivity contribution in [1.29, 1.82) is 0 Å². The molecule has 0 heterocycles. The fourth-order valence-electron chi connectivity index (χ4n) is 2.24. The number of hydrogen-bond donors (Lipinski definition) is 1. The van der Waals surface area contributed by atoms with Gasteiger partial charge >= 0.3 is 8.56 Å². The van der Waals surface area contributed by atoms with Crippen molar-refractivity contribution >= 4 is 31.1 Å². The number of carbonyl (C=O) groups is 1. The van der Waals surface area contributed by atoms with E-state index in [1.54, 1.807) is 0 Å². The minimum absolute atomic E-state index is 0.0464. The van der Waals surface area contributed by atoms with Crippen molar-refractivity contribution in [2.45, 2.75) is 72.1 Å². The van der Waals surface area contributed by atoms with E-state index in [9.17, 15) is 4.79 Å². The molecule has 126 valence electrons. The molecule has 4 nitrogen and oxygen atoms in total. The van der Waals surface area contributed by atoms with Crippen LogP contribution in [0.3, 0.4) is 0 Å². The topological polar surface area (TPSA) is 47.6 Å². The van der Waals surface area contributed by atoms with E-state index in [0.717, 1.165) is 12.5 Å². The third-order valence-corrected chi connectivity index (χ3v) is 12.3. The molecule has 0 aliphatic heterocycles. The smallest absolute Gasteiger partial charge is 0.314 e. The maximum Gasteiger partial charge on any atom is 0.314 e. The second-order valence-electron chi connectivity index (χ2n) is 8.11. The Balaban J connectivity index is 4.52. The van der Waals surface area contributed by atoms with Gasteiger partial charge in [0.25, 0.3) is 0 Å². The van der Waals surface area contributed by atoms with Gasteiger partial charge in [0.05, 0.1) is 0 Å². The quantitative estimate of drug-likeness (QED) is 0.507. The minimum atomic E-state index is -2.15. The number of carbonyl (C=O) groups excluding carboxylic acids is 1. The molecular formula is C14H35NO3Si3. The molecule has 0 saturated heterocycles. The van der Waals surface area contributed by atoms with E-state index in [2.05, 4.69) is 51.1 Å². The van der Waals surface area contributed by atoms with Crippen molar-refractivity contribution in [2.24, 2.45) is 5.92 Å². The highest BCUT2D eigenvalue weighted by Gasteiger charge is 2.39. The number of nitrogens with one attached hydrogen (secondary N) is 1. The van der Waals surface area contributed by atoms with Crippen molar-refractivity contribution in [1.82, 2.24) is 5.32 Å². The molecule has 0 unspecified atom stereocenters. The average Bonchev–Trinajstić information content (AvgIpc) is 2.18. The Kier molecular flexibility index (Phi) is 8.07. The molecule has 0 aliphatic rings. The van der Waals surface area contributed by atoms with Crippen molar-refractivity contribution < 1.29 is 13.0 Å². The van der Waals surface area contributed by atoms with Crippen LogP contribution < -0.4 is 5.32 Å². The van der Waals surface area contributed by atoms with Gasteiger partial charge in [-0.05, 0) is 58.3 Å². The number of hydrogen-bond acceptors (Lipinski definition) is 3. The molecular weight excluding hydrogens is 314 g/mol. The second-order valence-corrected chi connectivity index (χ2v) is 21.0. The molecule has 0 atom stereocenters. The van der Waals surface area contributed by atoms with Crippen LogP contribution in [0, 0.1) is 5.92 Å². The van der Waals surface area contributed by atoms with Crippen LogP contribution in [0.1, 0.15) is 20.3 Å². The fourth-order valence-corrected chi connectivity index (χ4v) is 14.8. The molecule has 21 heavy (non-hydrogen) atoms. The molecule has 0 fully saturated rings. The molecule has 7 heteroatoms. The monoisotopic (exact) mass is 349 g/mol. The highest BCUT2D eigenvalue weighted by Crippen LogP contribution is 2.25. The molecule has 0 rings (SSSR count). The van der Waals surface area contributed by atoms with Crippen molar-refractivity contribution in [3.63, 3.8) is 0 Å². The summed E-state index contributed by atoms with van der Waals surface area (Å²) < 4.78 is 12.9. The summed E-state index contributed by atoms with van der Waals surface area (Å²) >= 11 is 0. The van der Waals surface area contributed by atoms with E-state index in [1.165, 1.54) is 0 Å². The first-order chi connectivity index (χ1) is 9.24. The standard InChI is InChI=1S/C14H35NO3Si3/c1-13(2)14(16)15-11-10-12-21(9,17-19(3,4)5)18-20(6,7)8/h13H,10-12H2,1-9H3,(H,15,16). The predicted molar refractivity (Wildman–Crippen MR) is 97.8 cm³/mol. The number of amides is 1. The van der Waals surface area contributed by atoms with Gasteiger partial charge in [0, 0.05) is 12.5 Å². The van der Waals surface area contributed by atoms with Gasteiger partial charge in [0.15, 0.2) is 16.6 Å². The Bertz CT molecular complexity index is 319. The van der Waals surface area contributed by atoms with Gasteiger partial charge in [-0.15, -0.1) is 0 Å². The highest BCUT2D eigenvalue weighted by atomic mass is 28.5. The zero-order valence-corrected chi connectivity index (χ0v) is 18.4. The van der Waals surface area contributed by atoms with Crippen molar-refractivity contribution in [3.05, 3.63) is 0 Å². The van der Waals surface area contributed by atoms with Gasteiger partial charge in [-0.1, -0.05) is 13.8 Å². The molecule has 0 saturated carbocycles. The van der Waals surface area contributed by atoms with Gasteiger partial charge in [0.1, 0.15) is 0 Å². The molecule has 0 aromatic carbocycles. The van der Waals surface area contributed by atoms with E-state index >= 15 is 0 Å². The Hall–Kier alpha value is 0.0406. The Morgan fingerprint density at radius 1 is 0.952 bits per heavy atom. The fraction of sp³-hybridized carbons (Fsp3) is 0.929. The Morgan fingerprint density at radius 3 is 1.71 bits per heavy atom. The summed E-state index contributed by atoms with van der Waals surface area (Å²) in [6.45, 7) is 20.0. The summed E-state index contributed by atoms with van der Waals surface area (Å²) in [5, 5.41) is 2.98. The lowest BCUT2D eigenvalue weighted by Gasteiger charge is -2.38. The first-order valence-electron chi connectivity index (χ1n) is 7.92. The third kappa shape index (κ3) is 11.3. The molecule has 0 spiro atoms. The second kappa shape index (κ2) is 8.05. The maximum absolute atomic E-state index is 11.6. The van der Waals surface area contributed by atoms with Crippen LogP contribution in [0.25, 0.3) is 0 Å². The average molecular weight is 350 g/mol. The van der Waals surface area contributed by atoms with Gasteiger partial charge < -0.3 is 13.5 Å². The van der Waals surface area contributed by atoms with Gasteiger partial charge in [-0.3, -0.25) is 4.79 Å². The van der Waals surface area contributed by atoms with Crippen LogP contribution in [0.2, 0.25) is 51.9 Å². The van der Waals surface area contributed by atoms with Crippen LogP contribution in [-0.2, 0) is 13.0 Å². The lowest BCUT2D eigenvalue weighted by atomic mass is 10.2. The lowest BCUT2D eigenvalue weighted by Crippen LogP contribution is -2.52. The van der Waals surface area contributed by atoms with Crippen molar-refractivity contribution in [3.8, 4) is 0 Å². The van der Waals surface area contributed by atoms with Crippen LogP contribution in [0.15, 0.2) is 0 Å². The number of rotatable bonds is 9. The van der Waals surface area contributed by atoms with Gasteiger partial charge in [-0.25, -0.2) is 0 Å². The maximum atomic E-state index is 11.6. The normalized spacial score (nSPS) is 13.6. The molecule has 1 amide bonds. The van der Waals surface area contributed by atoms with E-state index in [0.29, 0.717) is 6.54 Å². The molecule has 1 N–H and O–H groups in total. The summed E-state index contributed by atoms with van der Waals surface area (Å²) in [6, 6.07) is 0.944. The molecule has 0 radical (unpaired) electrons. The first kappa shape index (κ1) is 21.0. The summed E-state index contributed by atoms with van der Waals surface area (Å²) in [6.07, 6.45) is 0.927. The molecule has 0 aromatic heterocycles. The van der Waals surface area contributed by atoms with Gasteiger partial charge in [-0.2, -0.15) is 0 Å². The molecule has 0 bridgehead atoms. The van der Waals surface area contributed by atoms with Crippen LogP contribution in [0.4, 0.5) is 0 Å². The van der Waals surface area contributed by atoms with Crippen LogP contribution >= 0.6 is 0 Å². The predicted octanol–water partition coefficient (Wildman–Crippen LogP) is 3.92. The summed E-state index contributed by atoms with van der Waals surface area (Å²) in [5.41, 5.74) is 0. The largest absolute Gasteiger partial charge is 0.437 e. The zero-order chi connectivity index (χ0) is 16.9. The first-order valence-corrected chi connectivity index (χ1v) is 17.3. The minimum Gasteiger partial charge on any atom is -0.437 e. The lowest BCUT2D eigenvalue weighted by molar-refractivity contribution is -0.123. The van der Waals surface area contributed by atoms with Crippen molar-refractivity contribution in [2.75, 3.05) is 6.54 Å². The van der Waals surface area contributed by atoms with E-state index in [1.807, 2.05) is 13.8 Å². The van der Waals surface area contributed by atoms with Crippen LogP contribution in [0.5, 0.6) is 0 Å². The SMILES string of the molecule is CC(C)C(=O)NCCC[Si](C)(O[Si](C)(C)C)O[Si](C)(C)C. The van der Waals surface area contributed by atoms with E-state index in [4.69, 9.17) is 8.23 Å². The zero-order valence-electron chi connectivity index (χ0n) is 15.4. The Labute approximate surface area is 134 Å². The van der Waals surface area contributed by atoms with E-state index < -0.39 is 25.2 Å². The Morgan fingerprint density at radius 2 is 1.38 bits per heavy atom. The highest BCUT2D eigenvalue weighted by molar-refractivity contribution is 6.87. The summed E-state index contributed by atoms with van der Waals surface area (Å²) in [5.74, 6) is 0.167. The van der Waals surface area contributed by atoms with E-state index in [-0.39, 0.29) is 11.8 Å². The third-order valence-electron chi connectivity index (χ3n) is 2.68. The molecule has 0 aromatic rings. The summed E-state index contributed by atoms with van der Waals surface area (Å²) in [7, 11) is -5.39.